The quantitative estimate of drug-likeness (QED) is 0.0417. The van der Waals surface area contributed by atoms with Crippen molar-refractivity contribution in [3.05, 3.63) is 0 Å². The third-order valence-corrected chi connectivity index (χ3v) is 9.78. The number of amides is 1. The Morgan fingerprint density at radius 1 is 0.612 bits per heavy atom. The van der Waals surface area contributed by atoms with Gasteiger partial charge in [-0.2, -0.15) is 0 Å². The predicted octanol–water partition coefficient (Wildman–Crippen LogP) is 5.89. The normalized spacial score (nSPS) is 22.9. The first kappa shape index (κ1) is 45.7. The Balaban J connectivity index is 2.53. The summed E-state index contributed by atoms with van der Waals surface area (Å²) in [7, 11) is 0. The molecule has 11 heteroatoms. The number of carbonyl (C=O) groups excluding carboxylic acids is 1. The third-order valence-electron chi connectivity index (χ3n) is 9.78. The minimum Gasteiger partial charge on any atom is -0.479 e. The van der Waals surface area contributed by atoms with Crippen molar-refractivity contribution in [1.29, 1.82) is 0 Å². The summed E-state index contributed by atoms with van der Waals surface area (Å²) in [5.74, 6) is -2.17. The van der Waals surface area contributed by atoms with Gasteiger partial charge >= 0.3 is 5.97 Å². The molecule has 1 aliphatic rings. The molecular weight excluding hydrogens is 630 g/mol. The lowest BCUT2D eigenvalue weighted by atomic mass is 9.99. The van der Waals surface area contributed by atoms with Crippen molar-refractivity contribution in [3.8, 4) is 0 Å². The van der Waals surface area contributed by atoms with Crippen molar-refractivity contribution in [2.24, 2.45) is 0 Å². The van der Waals surface area contributed by atoms with Gasteiger partial charge in [-0.05, 0) is 12.8 Å². The van der Waals surface area contributed by atoms with E-state index in [9.17, 15) is 40.2 Å². The molecule has 0 aromatic rings. The zero-order valence-electron chi connectivity index (χ0n) is 30.8. The summed E-state index contributed by atoms with van der Waals surface area (Å²) in [5.41, 5.74) is 0. The van der Waals surface area contributed by atoms with Crippen LogP contribution >= 0.6 is 0 Å². The van der Waals surface area contributed by atoms with Gasteiger partial charge in [-0.3, -0.25) is 4.79 Å². The Hall–Kier alpha value is -1.34. The van der Waals surface area contributed by atoms with E-state index in [0.717, 1.165) is 44.9 Å². The Morgan fingerprint density at radius 3 is 1.45 bits per heavy atom. The Bertz CT molecular complexity index is 817. The second kappa shape index (κ2) is 29.3. The van der Waals surface area contributed by atoms with Gasteiger partial charge in [0.05, 0.1) is 18.8 Å². The highest BCUT2D eigenvalue weighted by molar-refractivity contribution is 5.80. The van der Waals surface area contributed by atoms with Gasteiger partial charge in [0.25, 0.3) is 0 Å². The molecule has 7 N–H and O–H groups in total. The summed E-state index contributed by atoms with van der Waals surface area (Å²) >= 11 is 0. The summed E-state index contributed by atoms with van der Waals surface area (Å²) in [5, 5.41) is 64.1. The van der Waals surface area contributed by atoms with Crippen molar-refractivity contribution in [2.45, 2.75) is 223 Å². The number of ether oxygens (including phenoxy) is 2. The smallest absolute Gasteiger partial charge is 0.335 e. The van der Waals surface area contributed by atoms with Crippen LogP contribution in [0, 0.1) is 0 Å². The van der Waals surface area contributed by atoms with Gasteiger partial charge in [0.1, 0.15) is 24.4 Å². The monoisotopic (exact) mass is 704 g/mol. The minimum absolute atomic E-state index is 0.291. The number of carbonyl (C=O) groups is 2. The van der Waals surface area contributed by atoms with E-state index in [-0.39, 0.29) is 6.61 Å². The largest absolute Gasteiger partial charge is 0.479 e. The van der Waals surface area contributed by atoms with Gasteiger partial charge < -0.3 is 45.4 Å². The number of hydrogen-bond donors (Lipinski definition) is 7. The molecule has 0 aromatic heterocycles. The molecule has 1 rings (SSSR count). The number of carboxylic acids is 1. The highest BCUT2D eigenvalue weighted by Gasteiger charge is 2.47. The predicted molar refractivity (Wildman–Crippen MR) is 191 cm³/mol. The van der Waals surface area contributed by atoms with Crippen LogP contribution in [0.5, 0.6) is 0 Å². The zero-order chi connectivity index (χ0) is 36.3. The number of unbranched alkanes of at least 4 members (excludes halogenated alkanes) is 21. The molecule has 0 aliphatic carbocycles. The van der Waals surface area contributed by atoms with Crippen LogP contribution in [0.25, 0.3) is 0 Å². The number of nitrogens with one attached hydrogen (secondary N) is 1. The van der Waals surface area contributed by atoms with Crippen molar-refractivity contribution in [1.82, 2.24) is 5.32 Å². The van der Waals surface area contributed by atoms with E-state index < -0.39 is 60.8 Å². The van der Waals surface area contributed by atoms with Crippen molar-refractivity contribution in [3.63, 3.8) is 0 Å². The molecule has 1 fully saturated rings. The van der Waals surface area contributed by atoms with Crippen LogP contribution in [0.2, 0.25) is 0 Å². The summed E-state index contributed by atoms with van der Waals surface area (Å²) in [4.78, 5) is 24.4. The second-order valence-electron chi connectivity index (χ2n) is 14.3. The Morgan fingerprint density at radius 2 is 1.02 bits per heavy atom. The molecule has 8 atom stereocenters. The fourth-order valence-corrected chi connectivity index (χ4v) is 6.44. The van der Waals surface area contributed by atoms with Crippen molar-refractivity contribution in [2.75, 3.05) is 6.61 Å². The van der Waals surface area contributed by atoms with Crippen molar-refractivity contribution < 1.29 is 49.7 Å². The molecule has 0 saturated carbocycles. The summed E-state index contributed by atoms with van der Waals surface area (Å²) in [6.45, 7) is 4.07. The second-order valence-corrected chi connectivity index (χ2v) is 14.3. The number of carboxylic acid groups (broad SMARTS) is 1. The first-order valence-electron chi connectivity index (χ1n) is 19.8. The molecule has 49 heavy (non-hydrogen) atoms. The third kappa shape index (κ3) is 20.9. The number of hydrogen-bond acceptors (Lipinski definition) is 9. The fraction of sp³-hybridized carbons (Fsp3) is 0.947. The van der Waals surface area contributed by atoms with E-state index in [1.165, 1.54) is 96.3 Å². The SMILES string of the molecule is CCCCCCCCCCCCCCC[C@@H](O)[C@H](COC1OC(C(=O)O)C(O)C(O)C1O)NC(=O)[C@@H](O)CCCCCCCCCCCC. The van der Waals surface area contributed by atoms with Crippen LogP contribution < -0.4 is 5.32 Å². The molecule has 1 heterocycles. The van der Waals surface area contributed by atoms with Crippen molar-refractivity contribution >= 4 is 11.9 Å². The Kier molecular flexibility index (Phi) is 27.3. The lowest BCUT2D eigenvalue weighted by Crippen LogP contribution is -2.61. The average Bonchev–Trinajstić information content (AvgIpc) is 3.08. The first-order valence-corrected chi connectivity index (χ1v) is 19.8. The summed E-state index contributed by atoms with van der Waals surface area (Å²) in [6, 6.07) is -0.977. The molecule has 11 nitrogen and oxygen atoms in total. The number of rotatable bonds is 32. The molecular formula is C38H73NO10. The maximum atomic E-state index is 12.9. The zero-order valence-corrected chi connectivity index (χ0v) is 30.8. The van der Waals surface area contributed by atoms with E-state index in [4.69, 9.17) is 9.47 Å². The van der Waals surface area contributed by atoms with Gasteiger partial charge in [-0.15, -0.1) is 0 Å². The minimum atomic E-state index is -1.86. The van der Waals surface area contributed by atoms with Gasteiger partial charge in [-0.25, -0.2) is 4.79 Å². The van der Waals surface area contributed by atoms with Gasteiger partial charge in [0.15, 0.2) is 12.4 Å². The topological polar surface area (TPSA) is 186 Å². The fourth-order valence-electron chi connectivity index (χ4n) is 6.44. The Labute approximate surface area is 296 Å². The molecule has 1 saturated heterocycles. The number of aliphatic carboxylic acids is 1. The first-order chi connectivity index (χ1) is 23.6. The molecule has 290 valence electrons. The maximum Gasteiger partial charge on any atom is 0.335 e. The lowest BCUT2D eigenvalue weighted by Gasteiger charge is -2.39. The van der Waals surface area contributed by atoms with Gasteiger partial charge in [0.2, 0.25) is 5.91 Å². The molecule has 0 spiro atoms. The number of aliphatic hydroxyl groups excluding tert-OH is 5. The van der Waals surface area contributed by atoms with E-state index in [1.807, 2.05) is 0 Å². The highest BCUT2D eigenvalue weighted by Crippen LogP contribution is 2.23. The summed E-state index contributed by atoms with van der Waals surface area (Å²) < 4.78 is 10.8. The summed E-state index contributed by atoms with van der Waals surface area (Å²) in [6.07, 6.45) is 16.3. The lowest BCUT2D eigenvalue weighted by molar-refractivity contribution is -0.295. The molecule has 1 aliphatic heterocycles. The molecule has 5 unspecified atom stereocenters. The highest BCUT2D eigenvalue weighted by atomic mass is 16.7. The van der Waals surface area contributed by atoms with Crippen LogP contribution in [-0.4, -0.2) is 98.1 Å². The van der Waals surface area contributed by atoms with E-state index in [0.29, 0.717) is 19.3 Å². The molecule has 0 radical (unpaired) electrons. The van der Waals surface area contributed by atoms with Crippen LogP contribution in [0.15, 0.2) is 0 Å². The van der Waals surface area contributed by atoms with Crippen LogP contribution in [0.3, 0.4) is 0 Å². The standard InChI is InChI=1S/C38H73NO10/c1-3-5-7-9-11-13-15-16-17-19-20-22-24-26-30(40)29(28-48-38-34(44)32(42)33(43)35(49-38)37(46)47)39-36(45)31(41)27-25-23-21-18-14-12-10-8-6-4-2/h29-35,38,40-44H,3-28H2,1-2H3,(H,39,45)(H,46,47)/t29-,30+,31-,32?,33?,34?,35?,38?/m0/s1. The molecule has 0 aromatic carbocycles. The average molecular weight is 704 g/mol. The van der Waals surface area contributed by atoms with E-state index in [2.05, 4.69) is 19.2 Å². The van der Waals surface area contributed by atoms with Crippen LogP contribution in [0.4, 0.5) is 0 Å². The van der Waals surface area contributed by atoms with Gasteiger partial charge in [0, 0.05) is 0 Å². The van der Waals surface area contributed by atoms with E-state index >= 15 is 0 Å². The van der Waals surface area contributed by atoms with Crippen LogP contribution in [-0.2, 0) is 19.1 Å². The van der Waals surface area contributed by atoms with Crippen LogP contribution in [0.1, 0.15) is 174 Å². The molecule has 1 amide bonds. The van der Waals surface area contributed by atoms with Gasteiger partial charge in [-0.1, -0.05) is 162 Å². The van der Waals surface area contributed by atoms with E-state index in [1.54, 1.807) is 0 Å². The molecule has 0 bridgehead atoms. The number of aliphatic hydroxyl groups is 5. The maximum absolute atomic E-state index is 12.9.